The molecule has 0 saturated heterocycles. The Kier molecular flexibility index (Phi) is 8.81. The van der Waals surface area contributed by atoms with Crippen molar-refractivity contribution in [3.63, 3.8) is 0 Å². The Hall–Kier alpha value is -4.05. The number of ether oxygens (including phenoxy) is 1. The molecule has 4 rings (SSSR count). The summed E-state index contributed by atoms with van der Waals surface area (Å²) >= 11 is 0. The molecule has 0 N–H and O–H groups in total. The number of rotatable bonds is 6. The summed E-state index contributed by atoms with van der Waals surface area (Å²) in [6.07, 6.45) is -15.7. The van der Waals surface area contributed by atoms with E-state index in [1.165, 1.54) is 23.8 Å². The molecule has 0 unspecified atom stereocenters. The summed E-state index contributed by atoms with van der Waals surface area (Å²) in [5.41, 5.74) is -4.58. The molecule has 0 spiro atoms. The van der Waals surface area contributed by atoms with Crippen LogP contribution >= 0.6 is 0 Å². The maximum atomic E-state index is 14.0. The van der Waals surface area contributed by atoms with Crippen molar-refractivity contribution in [2.45, 2.75) is 70.8 Å². The molecule has 2 aromatic carbocycles. The van der Waals surface area contributed by atoms with Crippen molar-refractivity contribution in [1.82, 2.24) is 20.2 Å². The highest BCUT2D eigenvalue weighted by Gasteiger charge is 2.43. The Balaban J connectivity index is 1.97. The number of benzene rings is 2. The van der Waals surface area contributed by atoms with Crippen molar-refractivity contribution in [2.75, 3.05) is 16.4 Å². The van der Waals surface area contributed by atoms with Gasteiger partial charge in [-0.1, -0.05) is 12.0 Å². The minimum atomic E-state index is -5.13. The van der Waals surface area contributed by atoms with Crippen LogP contribution in [0.1, 0.15) is 66.1 Å². The van der Waals surface area contributed by atoms with E-state index in [4.69, 9.17) is 4.74 Å². The third-order valence-corrected chi connectivity index (χ3v) is 7.18. The third kappa shape index (κ3) is 6.70. The number of nitrogens with zero attached hydrogens (tertiary/aromatic N) is 6. The smallest absolute Gasteiger partial charge is 0.416 e. The first-order chi connectivity index (χ1) is 20.3. The van der Waals surface area contributed by atoms with Gasteiger partial charge in [-0.25, -0.2) is 4.79 Å². The number of carbonyl (C=O) groups excluding carboxylic acids is 1. The highest BCUT2D eigenvalue weighted by Crippen LogP contribution is 2.47. The number of hydrogen-bond acceptors (Lipinski definition) is 6. The largest absolute Gasteiger partial charge is 0.449 e. The minimum absolute atomic E-state index is 0.0202. The fourth-order valence-electron chi connectivity index (χ4n) is 5.32. The Labute approximate surface area is 245 Å². The monoisotopic (exact) mass is 638 g/mol. The summed E-state index contributed by atoms with van der Waals surface area (Å²) in [5.74, 6) is -0.260. The van der Waals surface area contributed by atoms with E-state index in [0.717, 1.165) is 16.9 Å². The number of aromatic nitrogens is 4. The van der Waals surface area contributed by atoms with Gasteiger partial charge in [-0.15, -0.1) is 5.10 Å². The van der Waals surface area contributed by atoms with Crippen molar-refractivity contribution in [1.29, 1.82) is 0 Å². The number of aryl methyl sites for hydroxylation is 2. The number of halogens is 9. The molecule has 1 aromatic heterocycles. The van der Waals surface area contributed by atoms with Gasteiger partial charge in [0, 0.05) is 12.6 Å². The second-order valence-corrected chi connectivity index (χ2v) is 10.2. The second kappa shape index (κ2) is 11.8. The van der Waals surface area contributed by atoms with Gasteiger partial charge in [-0.05, 0) is 78.9 Å². The maximum Gasteiger partial charge on any atom is 0.416 e. The average molecular weight is 639 g/mol. The molecule has 240 valence electrons. The standard InChI is InChI=1S/C27H27F9N6O2/c1-5-19-12-21(20-11-16(25(28,29)30)7-14(3)22(20)42(19)24(43)44-6-2)41(23-37-39-40(4)38-23)13-15-8-17(26(31,32)33)10-18(9-15)27(34,35)36/h7-11,19,21H,5-6,12-13H2,1-4H3/t19-,21+/m1/s1. The van der Waals surface area contributed by atoms with Crippen LogP contribution in [0.15, 0.2) is 30.3 Å². The Morgan fingerprint density at radius 2 is 1.50 bits per heavy atom. The molecule has 2 heterocycles. The van der Waals surface area contributed by atoms with Crippen LogP contribution in [0.5, 0.6) is 0 Å². The lowest BCUT2D eigenvalue weighted by Gasteiger charge is -2.44. The molecular weight excluding hydrogens is 611 g/mol. The molecule has 2 atom stereocenters. The van der Waals surface area contributed by atoms with Crippen molar-refractivity contribution in [2.24, 2.45) is 7.05 Å². The summed E-state index contributed by atoms with van der Waals surface area (Å²) in [6.45, 7) is 3.93. The molecule has 0 bridgehead atoms. The van der Waals surface area contributed by atoms with Crippen molar-refractivity contribution in [3.8, 4) is 0 Å². The lowest BCUT2D eigenvalue weighted by molar-refractivity contribution is -0.143. The van der Waals surface area contributed by atoms with Crippen molar-refractivity contribution in [3.05, 3.63) is 63.7 Å². The van der Waals surface area contributed by atoms with Crippen molar-refractivity contribution < 1.29 is 49.0 Å². The lowest BCUT2D eigenvalue weighted by atomic mass is 9.85. The van der Waals surface area contributed by atoms with E-state index in [1.807, 2.05) is 0 Å². The van der Waals surface area contributed by atoms with Crippen LogP contribution < -0.4 is 9.80 Å². The van der Waals surface area contributed by atoms with E-state index in [0.29, 0.717) is 12.1 Å². The number of alkyl halides is 9. The molecule has 0 aliphatic carbocycles. The molecule has 0 radical (unpaired) electrons. The molecule has 1 aliphatic heterocycles. The molecule has 8 nitrogen and oxygen atoms in total. The minimum Gasteiger partial charge on any atom is -0.449 e. The lowest BCUT2D eigenvalue weighted by Crippen LogP contribution is -2.48. The van der Waals surface area contributed by atoms with Crippen LogP contribution in [0.3, 0.4) is 0 Å². The molecular formula is C27H27F9N6O2. The first kappa shape index (κ1) is 32.9. The average Bonchev–Trinajstić information content (AvgIpc) is 3.35. The van der Waals surface area contributed by atoms with E-state index in [9.17, 15) is 44.3 Å². The highest BCUT2D eigenvalue weighted by atomic mass is 19.4. The quantitative estimate of drug-likeness (QED) is 0.261. The van der Waals surface area contributed by atoms with Crippen LogP contribution in [0.2, 0.25) is 0 Å². The highest BCUT2D eigenvalue weighted by molar-refractivity contribution is 5.92. The van der Waals surface area contributed by atoms with Gasteiger partial charge in [0.05, 0.1) is 42.1 Å². The molecule has 17 heteroatoms. The van der Waals surface area contributed by atoms with E-state index >= 15 is 0 Å². The Morgan fingerprint density at radius 3 is 1.98 bits per heavy atom. The number of tetrazole rings is 1. The number of amides is 1. The van der Waals surface area contributed by atoms with Gasteiger partial charge in [-0.3, -0.25) is 4.90 Å². The van der Waals surface area contributed by atoms with Gasteiger partial charge >= 0.3 is 24.6 Å². The first-order valence-corrected chi connectivity index (χ1v) is 13.3. The van der Waals surface area contributed by atoms with Gasteiger partial charge in [-0.2, -0.15) is 44.3 Å². The number of fused-ring (bicyclic) bond motifs is 1. The number of hydrogen-bond donors (Lipinski definition) is 0. The zero-order valence-electron chi connectivity index (χ0n) is 23.8. The summed E-state index contributed by atoms with van der Waals surface area (Å²) < 4.78 is 129. The SMILES string of the molecule is CCOC(=O)N1c2c(C)cc(C(F)(F)F)cc2[C@@H](N(Cc2cc(C(F)(F)F)cc(C(F)(F)F)c2)c2nnn(C)n2)C[C@H]1CC. The van der Waals surface area contributed by atoms with Gasteiger partial charge in [0.25, 0.3) is 5.95 Å². The van der Waals surface area contributed by atoms with Crippen LogP contribution in [0.25, 0.3) is 0 Å². The summed E-state index contributed by atoms with van der Waals surface area (Å²) in [4.78, 5) is 16.5. The fourth-order valence-corrected chi connectivity index (χ4v) is 5.32. The Morgan fingerprint density at radius 1 is 0.932 bits per heavy atom. The Bertz CT molecular complexity index is 1480. The second-order valence-electron chi connectivity index (χ2n) is 10.2. The normalized spacial score (nSPS) is 17.4. The third-order valence-electron chi connectivity index (χ3n) is 7.18. The predicted octanol–water partition coefficient (Wildman–Crippen LogP) is 7.47. The van der Waals surface area contributed by atoms with E-state index < -0.39 is 65.5 Å². The van der Waals surface area contributed by atoms with Crippen molar-refractivity contribution >= 4 is 17.7 Å². The molecule has 1 aliphatic rings. The fraction of sp³-hybridized carbons (Fsp3) is 0.481. The van der Waals surface area contributed by atoms with Crippen LogP contribution in [-0.4, -0.2) is 38.9 Å². The molecule has 3 aromatic rings. The number of carbonyl (C=O) groups is 1. The summed E-state index contributed by atoms with van der Waals surface area (Å²) in [7, 11) is 1.36. The molecule has 0 fully saturated rings. The van der Waals surface area contributed by atoms with Gasteiger partial charge in [0.1, 0.15) is 0 Å². The van der Waals surface area contributed by atoms with Crippen LogP contribution in [0.4, 0.5) is 55.9 Å². The first-order valence-electron chi connectivity index (χ1n) is 13.3. The van der Waals surface area contributed by atoms with Gasteiger partial charge in [0.15, 0.2) is 0 Å². The van der Waals surface area contributed by atoms with Gasteiger partial charge < -0.3 is 9.64 Å². The van der Waals surface area contributed by atoms with Gasteiger partial charge in [0.2, 0.25) is 0 Å². The molecule has 44 heavy (non-hydrogen) atoms. The van der Waals surface area contributed by atoms with Crippen LogP contribution in [-0.2, 0) is 36.9 Å². The summed E-state index contributed by atoms with van der Waals surface area (Å²) in [6, 6.07) is 0.871. The van der Waals surface area contributed by atoms with E-state index in [2.05, 4.69) is 15.4 Å². The maximum absolute atomic E-state index is 14.0. The molecule has 0 saturated carbocycles. The van der Waals surface area contributed by atoms with E-state index in [1.54, 1.807) is 13.8 Å². The van der Waals surface area contributed by atoms with Crippen LogP contribution in [0, 0.1) is 6.92 Å². The zero-order valence-corrected chi connectivity index (χ0v) is 23.8. The predicted molar refractivity (Wildman–Crippen MR) is 139 cm³/mol. The van der Waals surface area contributed by atoms with E-state index in [-0.39, 0.29) is 48.3 Å². The zero-order chi connectivity index (χ0) is 32.8. The topological polar surface area (TPSA) is 76.4 Å². The molecule has 1 amide bonds. The number of anilines is 2. The summed E-state index contributed by atoms with van der Waals surface area (Å²) in [5, 5.41) is 11.7.